The van der Waals surface area contributed by atoms with Crippen LogP contribution in [0.25, 0.3) is 0 Å². The van der Waals surface area contributed by atoms with Gasteiger partial charge in [-0.1, -0.05) is 6.07 Å². The van der Waals surface area contributed by atoms with Crippen LogP contribution in [0.2, 0.25) is 0 Å². The van der Waals surface area contributed by atoms with Crippen LogP contribution in [-0.2, 0) is 16.0 Å². The van der Waals surface area contributed by atoms with Gasteiger partial charge in [0.05, 0.1) is 18.3 Å². The number of guanidine groups is 1. The molecule has 0 saturated carbocycles. The van der Waals surface area contributed by atoms with Crippen molar-refractivity contribution in [1.82, 2.24) is 10.2 Å². The number of ether oxygens (including phenoxy) is 2. The molecule has 0 radical (unpaired) electrons. The van der Waals surface area contributed by atoms with Crippen molar-refractivity contribution in [2.24, 2.45) is 4.99 Å². The van der Waals surface area contributed by atoms with Crippen LogP contribution >= 0.6 is 24.0 Å². The van der Waals surface area contributed by atoms with Gasteiger partial charge in [-0.25, -0.2) is 9.38 Å². The number of nitrogens with zero attached hydrogens (tertiary/aromatic N) is 3. The Labute approximate surface area is 204 Å². The highest BCUT2D eigenvalue weighted by atomic mass is 127. The topological polar surface area (TPSA) is 49.3 Å². The molecule has 1 N–H and O–H groups in total. The molecule has 31 heavy (non-hydrogen) atoms. The Morgan fingerprint density at radius 1 is 1.19 bits per heavy atom. The SMILES string of the molecule is CCNC(=NCc1ccc(N(CC)CC)c(F)c1)N1CCC(OCCCOC)CC1.I. The smallest absolute Gasteiger partial charge is 0.194 e. The van der Waals surface area contributed by atoms with Crippen molar-refractivity contribution in [3.8, 4) is 0 Å². The molecule has 1 aliphatic rings. The van der Waals surface area contributed by atoms with Crippen LogP contribution in [0, 0.1) is 5.82 Å². The molecule has 0 atom stereocenters. The number of benzene rings is 1. The third-order valence-electron chi connectivity index (χ3n) is 5.45. The first kappa shape index (κ1) is 27.9. The van der Waals surface area contributed by atoms with Crippen LogP contribution in [0.1, 0.15) is 45.6 Å². The number of halogens is 2. The van der Waals surface area contributed by atoms with Crippen LogP contribution in [0.4, 0.5) is 10.1 Å². The predicted octanol–water partition coefficient (Wildman–Crippen LogP) is 4.27. The van der Waals surface area contributed by atoms with Crippen LogP contribution in [0.3, 0.4) is 0 Å². The summed E-state index contributed by atoms with van der Waals surface area (Å²) in [6, 6.07) is 5.46. The van der Waals surface area contributed by atoms with Crippen molar-refractivity contribution in [2.45, 2.75) is 52.7 Å². The molecule has 0 bridgehead atoms. The highest BCUT2D eigenvalue weighted by Crippen LogP contribution is 2.21. The normalized spacial score (nSPS) is 15.0. The van der Waals surface area contributed by atoms with Crippen LogP contribution < -0.4 is 10.2 Å². The summed E-state index contributed by atoms with van der Waals surface area (Å²) in [5.74, 6) is 0.714. The van der Waals surface area contributed by atoms with Crippen molar-refractivity contribution in [1.29, 1.82) is 0 Å². The van der Waals surface area contributed by atoms with Crippen molar-refractivity contribution < 1.29 is 13.9 Å². The Morgan fingerprint density at radius 2 is 1.90 bits per heavy atom. The van der Waals surface area contributed by atoms with E-state index in [1.165, 1.54) is 0 Å². The van der Waals surface area contributed by atoms with E-state index in [0.29, 0.717) is 18.3 Å². The Hall–Kier alpha value is -1.13. The van der Waals surface area contributed by atoms with E-state index >= 15 is 0 Å². The summed E-state index contributed by atoms with van der Waals surface area (Å²) in [7, 11) is 1.72. The fourth-order valence-electron chi connectivity index (χ4n) is 3.75. The molecule has 1 aromatic rings. The van der Waals surface area contributed by atoms with E-state index in [4.69, 9.17) is 14.5 Å². The lowest BCUT2D eigenvalue weighted by atomic mass is 10.1. The molecule has 1 fully saturated rings. The molecule has 8 heteroatoms. The van der Waals surface area contributed by atoms with Gasteiger partial charge in [0.2, 0.25) is 0 Å². The molecule has 2 rings (SSSR count). The Kier molecular flexibility index (Phi) is 14.1. The predicted molar refractivity (Wildman–Crippen MR) is 137 cm³/mol. The standard InChI is InChI=1S/C23H39FN4O2.HI/c1-5-25-23(28-13-11-20(12-14-28)30-16-8-15-29-4)26-18-19-9-10-22(21(24)17-19)27(6-2)7-3;/h9-10,17,20H,5-8,11-16,18H2,1-4H3,(H,25,26);1H. The molecule has 1 aliphatic heterocycles. The average Bonchev–Trinajstić information content (AvgIpc) is 2.77. The van der Waals surface area contributed by atoms with Crippen molar-refractivity contribution >= 4 is 35.6 Å². The highest BCUT2D eigenvalue weighted by molar-refractivity contribution is 14.0. The molecule has 1 heterocycles. The van der Waals surface area contributed by atoms with Gasteiger partial charge in [-0.2, -0.15) is 0 Å². The molecule has 0 amide bonds. The van der Waals surface area contributed by atoms with Gasteiger partial charge in [-0.05, 0) is 57.7 Å². The number of anilines is 1. The van der Waals surface area contributed by atoms with Crippen molar-refractivity contribution in [3.63, 3.8) is 0 Å². The number of hydrogen-bond acceptors (Lipinski definition) is 4. The van der Waals surface area contributed by atoms with E-state index in [1.807, 2.05) is 30.9 Å². The lowest BCUT2D eigenvalue weighted by molar-refractivity contribution is 0.00990. The monoisotopic (exact) mass is 550 g/mol. The fourth-order valence-corrected chi connectivity index (χ4v) is 3.75. The lowest BCUT2D eigenvalue weighted by Crippen LogP contribution is -2.47. The van der Waals surface area contributed by atoms with E-state index in [-0.39, 0.29) is 29.8 Å². The number of aliphatic imine (C=N–C) groups is 1. The number of hydrogen-bond donors (Lipinski definition) is 1. The molecule has 0 spiro atoms. The minimum atomic E-state index is -0.178. The summed E-state index contributed by atoms with van der Waals surface area (Å²) in [6.07, 6.45) is 3.22. The minimum absolute atomic E-state index is 0. The average molecular weight is 551 g/mol. The second kappa shape index (κ2) is 15.6. The summed E-state index contributed by atoms with van der Waals surface area (Å²) in [5, 5.41) is 3.38. The zero-order chi connectivity index (χ0) is 21.8. The summed E-state index contributed by atoms with van der Waals surface area (Å²) in [4.78, 5) is 9.07. The number of rotatable bonds is 11. The largest absolute Gasteiger partial charge is 0.385 e. The third kappa shape index (κ3) is 9.10. The summed E-state index contributed by atoms with van der Waals surface area (Å²) in [5.41, 5.74) is 1.54. The van der Waals surface area contributed by atoms with Gasteiger partial charge in [0.25, 0.3) is 0 Å². The summed E-state index contributed by atoms with van der Waals surface area (Å²) >= 11 is 0. The van der Waals surface area contributed by atoms with E-state index in [9.17, 15) is 4.39 Å². The van der Waals surface area contributed by atoms with Gasteiger partial charge in [0, 0.05) is 53.0 Å². The quantitative estimate of drug-likeness (QED) is 0.193. The Balaban J connectivity index is 0.00000480. The number of nitrogens with one attached hydrogen (secondary N) is 1. The maximum Gasteiger partial charge on any atom is 0.194 e. The molecule has 178 valence electrons. The van der Waals surface area contributed by atoms with Gasteiger partial charge in [0.1, 0.15) is 5.82 Å². The van der Waals surface area contributed by atoms with Gasteiger partial charge < -0.3 is 24.6 Å². The maximum absolute atomic E-state index is 14.6. The first-order chi connectivity index (χ1) is 14.6. The van der Waals surface area contributed by atoms with Crippen LogP contribution in [0.5, 0.6) is 0 Å². The van der Waals surface area contributed by atoms with E-state index in [1.54, 1.807) is 13.2 Å². The molecule has 1 aromatic carbocycles. The van der Waals surface area contributed by atoms with Crippen molar-refractivity contribution in [2.75, 3.05) is 57.9 Å². The Morgan fingerprint density at radius 3 is 2.48 bits per heavy atom. The minimum Gasteiger partial charge on any atom is -0.385 e. The molecular weight excluding hydrogens is 510 g/mol. The summed E-state index contributed by atoms with van der Waals surface area (Å²) < 4.78 is 25.6. The second-order valence-electron chi connectivity index (χ2n) is 7.53. The zero-order valence-corrected chi connectivity index (χ0v) is 21.9. The molecule has 0 aromatic heterocycles. The van der Waals surface area contributed by atoms with Crippen molar-refractivity contribution in [3.05, 3.63) is 29.6 Å². The van der Waals surface area contributed by atoms with Gasteiger partial charge in [-0.3, -0.25) is 0 Å². The fraction of sp³-hybridized carbons (Fsp3) is 0.696. The highest BCUT2D eigenvalue weighted by Gasteiger charge is 2.22. The maximum atomic E-state index is 14.6. The number of methoxy groups -OCH3 is 1. The first-order valence-corrected chi connectivity index (χ1v) is 11.3. The van der Waals surface area contributed by atoms with Crippen LogP contribution in [-0.4, -0.2) is 70.0 Å². The molecular formula is C23H40FIN4O2. The molecule has 1 saturated heterocycles. The van der Waals surface area contributed by atoms with E-state index < -0.39 is 0 Å². The zero-order valence-electron chi connectivity index (χ0n) is 19.5. The Bertz CT molecular complexity index is 650. The van der Waals surface area contributed by atoms with Crippen LogP contribution in [0.15, 0.2) is 23.2 Å². The number of piperidine rings is 1. The van der Waals surface area contributed by atoms with Gasteiger partial charge in [0.15, 0.2) is 5.96 Å². The molecule has 0 aliphatic carbocycles. The van der Waals surface area contributed by atoms with E-state index in [0.717, 1.165) is 76.7 Å². The van der Waals surface area contributed by atoms with E-state index in [2.05, 4.69) is 17.1 Å². The van der Waals surface area contributed by atoms with Gasteiger partial charge >= 0.3 is 0 Å². The summed E-state index contributed by atoms with van der Waals surface area (Å²) in [6.45, 7) is 12.3. The number of likely N-dealkylation sites (tertiary alicyclic amines) is 1. The molecule has 0 unspecified atom stereocenters. The first-order valence-electron chi connectivity index (χ1n) is 11.3. The lowest BCUT2D eigenvalue weighted by Gasteiger charge is -2.34. The third-order valence-corrected chi connectivity index (χ3v) is 5.45. The second-order valence-corrected chi connectivity index (χ2v) is 7.53. The van der Waals surface area contributed by atoms with Gasteiger partial charge in [-0.15, -0.1) is 24.0 Å². The molecule has 6 nitrogen and oxygen atoms in total.